The second-order valence-corrected chi connectivity index (χ2v) is 11.5. The van der Waals surface area contributed by atoms with Crippen molar-refractivity contribution < 1.29 is 18.0 Å². The monoisotopic (exact) mass is 497 g/mol. The van der Waals surface area contributed by atoms with Gasteiger partial charge in [-0.05, 0) is 80.5 Å². The Morgan fingerprint density at radius 1 is 1.00 bits per heavy atom. The molecule has 35 heavy (non-hydrogen) atoms. The molecule has 4 rings (SSSR count). The number of hydrogen-bond donors (Lipinski definition) is 0. The third kappa shape index (κ3) is 5.37. The Kier molecular flexibility index (Phi) is 7.50. The smallest absolute Gasteiger partial charge is 0.264 e. The average Bonchev–Trinajstić information content (AvgIpc) is 3.26. The van der Waals surface area contributed by atoms with Crippen molar-refractivity contribution in [1.29, 1.82) is 0 Å². The van der Waals surface area contributed by atoms with Crippen molar-refractivity contribution in [3.63, 3.8) is 0 Å². The standard InChI is InChI=1S/C27H35N3O4S/c1-4-30(23-7-5-6-21(3)18-23)35(33,34)24-8-9-25-22(19-24)14-17-29(25)27(32)11-10-26(31)28-15-12-20(2)13-16-28/h5-9,18-20H,4,10-17H2,1-3H3. The van der Waals surface area contributed by atoms with Crippen molar-refractivity contribution in [1.82, 2.24) is 4.90 Å². The molecule has 2 aliphatic heterocycles. The van der Waals surface area contributed by atoms with Crippen molar-refractivity contribution in [2.75, 3.05) is 35.4 Å². The number of carbonyl (C=O) groups is 2. The molecule has 7 nitrogen and oxygen atoms in total. The van der Waals surface area contributed by atoms with Gasteiger partial charge in [0.1, 0.15) is 0 Å². The van der Waals surface area contributed by atoms with Crippen LogP contribution in [0, 0.1) is 12.8 Å². The first-order chi connectivity index (χ1) is 16.7. The maximum Gasteiger partial charge on any atom is 0.264 e. The molecule has 0 aromatic heterocycles. The van der Waals surface area contributed by atoms with Crippen LogP contribution < -0.4 is 9.21 Å². The van der Waals surface area contributed by atoms with E-state index in [9.17, 15) is 18.0 Å². The predicted molar refractivity (Wildman–Crippen MR) is 138 cm³/mol. The van der Waals surface area contributed by atoms with Crippen molar-refractivity contribution in [2.24, 2.45) is 5.92 Å². The van der Waals surface area contributed by atoms with E-state index in [-0.39, 0.29) is 29.6 Å². The second-order valence-electron chi connectivity index (χ2n) is 9.66. The molecule has 0 radical (unpaired) electrons. The lowest BCUT2D eigenvalue weighted by atomic mass is 9.99. The van der Waals surface area contributed by atoms with E-state index in [1.54, 1.807) is 29.2 Å². The summed E-state index contributed by atoms with van der Waals surface area (Å²) in [5.74, 6) is 0.603. The molecule has 8 heteroatoms. The normalized spacial score (nSPS) is 16.3. The van der Waals surface area contributed by atoms with Crippen LogP contribution in [0.1, 0.15) is 50.7 Å². The molecule has 0 atom stereocenters. The van der Waals surface area contributed by atoms with E-state index in [2.05, 4.69) is 6.92 Å². The number of carbonyl (C=O) groups excluding carboxylic acids is 2. The first-order valence-corrected chi connectivity index (χ1v) is 13.9. The Bertz CT molecular complexity index is 1200. The summed E-state index contributed by atoms with van der Waals surface area (Å²) in [6.45, 7) is 8.32. The summed E-state index contributed by atoms with van der Waals surface area (Å²) in [6.07, 6.45) is 3.02. The third-order valence-corrected chi connectivity index (χ3v) is 9.00. The Morgan fingerprint density at radius 2 is 1.71 bits per heavy atom. The summed E-state index contributed by atoms with van der Waals surface area (Å²) >= 11 is 0. The van der Waals surface area contributed by atoms with Gasteiger partial charge in [-0.2, -0.15) is 0 Å². The lowest BCUT2D eigenvalue weighted by Crippen LogP contribution is -2.38. The largest absolute Gasteiger partial charge is 0.343 e. The number of rotatable bonds is 7. The highest BCUT2D eigenvalue weighted by molar-refractivity contribution is 7.92. The zero-order valence-electron chi connectivity index (χ0n) is 20.9. The van der Waals surface area contributed by atoms with Gasteiger partial charge in [-0.1, -0.05) is 19.1 Å². The van der Waals surface area contributed by atoms with Gasteiger partial charge in [0.05, 0.1) is 10.6 Å². The van der Waals surface area contributed by atoms with Gasteiger partial charge in [0.15, 0.2) is 0 Å². The molecule has 0 saturated carbocycles. The van der Waals surface area contributed by atoms with Crippen LogP contribution in [0.15, 0.2) is 47.4 Å². The van der Waals surface area contributed by atoms with Crippen LogP contribution in [-0.4, -0.2) is 51.3 Å². The van der Waals surface area contributed by atoms with E-state index in [0.717, 1.165) is 42.7 Å². The van der Waals surface area contributed by atoms with E-state index in [0.29, 0.717) is 31.1 Å². The van der Waals surface area contributed by atoms with E-state index in [1.807, 2.05) is 36.9 Å². The Labute approximate surface area is 208 Å². The van der Waals surface area contributed by atoms with E-state index < -0.39 is 10.0 Å². The van der Waals surface area contributed by atoms with Crippen LogP contribution in [0.2, 0.25) is 0 Å². The highest BCUT2D eigenvalue weighted by atomic mass is 32.2. The van der Waals surface area contributed by atoms with Crippen LogP contribution in [0.3, 0.4) is 0 Å². The minimum absolute atomic E-state index is 0.0434. The van der Waals surface area contributed by atoms with Crippen molar-refractivity contribution in [3.8, 4) is 0 Å². The number of amides is 2. The quantitative estimate of drug-likeness (QED) is 0.576. The molecule has 1 saturated heterocycles. The van der Waals surface area contributed by atoms with Gasteiger partial charge in [0.25, 0.3) is 10.0 Å². The maximum atomic E-state index is 13.4. The number of piperidine rings is 1. The molecule has 2 amide bonds. The minimum atomic E-state index is -3.74. The molecule has 2 aromatic carbocycles. The summed E-state index contributed by atoms with van der Waals surface area (Å²) in [5, 5.41) is 0. The lowest BCUT2D eigenvalue weighted by molar-refractivity contribution is -0.134. The number of sulfonamides is 1. The van der Waals surface area contributed by atoms with Gasteiger partial charge in [0.2, 0.25) is 11.8 Å². The minimum Gasteiger partial charge on any atom is -0.343 e. The molecule has 2 aliphatic rings. The molecule has 0 bridgehead atoms. The molecule has 2 aromatic rings. The number of benzene rings is 2. The topological polar surface area (TPSA) is 78.0 Å². The molecule has 0 N–H and O–H groups in total. The zero-order chi connectivity index (χ0) is 25.2. The first kappa shape index (κ1) is 25.2. The summed E-state index contributed by atoms with van der Waals surface area (Å²) in [4.78, 5) is 29.3. The Hall–Kier alpha value is -2.87. The van der Waals surface area contributed by atoms with Crippen LogP contribution in [0.25, 0.3) is 0 Å². The summed E-state index contributed by atoms with van der Waals surface area (Å²) in [7, 11) is -3.74. The van der Waals surface area contributed by atoms with E-state index in [1.165, 1.54) is 4.31 Å². The van der Waals surface area contributed by atoms with Gasteiger partial charge in [0, 0.05) is 44.7 Å². The molecular formula is C27H35N3O4S. The van der Waals surface area contributed by atoms with Crippen molar-refractivity contribution >= 4 is 33.2 Å². The average molecular weight is 498 g/mol. The summed E-state index contributed by atoms with van der Waals surface area (Å²) in [5.41, 5.74) is 3.22. The van der Waals surface area contributed by atoms with Crippen LogP contribution >= 0.6 is 0 Å². The lowest BCUT2D eigenvalue weighted by Gasteiger charge is -2.30. The van der Waals surface area contributed by atoms with Crippen molar-refractivity contribution in [3.05, 3.63) is 53.6 Å². The van der Waals surface area contributed by atoms with Crippen LogP contribution in [0.5, 0.6) is 0 Å². The number of likely N-dealkylation sites (tertiary alicyclic amines) is 1. The first-order valence-electron chi connectivity index (χ1n) is 12.5. The SMILES string of the molecule is CCN(c1cccc(C)c1)S(=O)(=O)c1ccc2c(c1)CCN2C(=O)CCC(=O)N1CCC(C)CC1. The number of nitrogens with zero attached hydrogens (tertiary/aromatic N) is 3. The molecule has 0 unspecified atom stereocenters. The molecular weight excluding hydrogens is 462 g/mol. The van der Waals surface area contributed by atoms with Gasteiger partial charge >= 0.3 is 0 Å². The number of aryl methyl sites for hydroxylation is 1. The predicted octanol–water partition coefficient (Wildman–Crippen LogP) is 4.14. The molecule has 0 aliphatic carbocycles. The van der Waals surface area contributed by atoms with E-state index in [4.69, 9.17) is 0 Å². The summed E-state index contributed by atoms with van der Waals surface area (Å²) in [6, 6.07) is 12.4. The van der Waals surface area contributed by atoms with Crippen LogP contribution in [0.4, 0.5) is 11.4 Å². The fraction of sp³-hybridized carbons (Fsp3) is 0.481. The molecule has 2 heterocycles. The van der Waals surface area contributed by atoms with Crippen LogP contribution in [-0.2, 0) is 26.0 Å². The van der Waals surface area contributed by atoms with Gasteiger partial charge in [-0.15, -0.1) is 0 Å². The number of anilines is 2. The van der Waals surface area contributed by atoms with Gasteiger partial charge < -0.3 is 9.80 Å². The summed E-state index contributed by atoms with van der Waals surface area (Å²) < 4.78 is 28.3. The third-order valence-electron chi connectivity index (χ3n) is 7.10. The zero-order valence-corrected chi connectivity index (χ0v) is 21.7. The maximum absolute atomic E-state index is 13.4. The fourth-order valence-corrected chi connectivity index (χ4v) is 6.48. The Morgan fingerprint density at radius 3 is 2.40 bits per heavy atom. The van der Waals surface area contributed by atoms with E-state index >= 15 is 0 Å². The highest BCUT2D eigenvalue weighted by Crippen LogP contribution is 2.33. The van der Waals surface area contributed by atoms with Gasteiger partial charge in [-0.25, -0.2) is 8.42 Å². The molecule has 188 valence electrons. The number of hydrogen-bond acceptors (Lipinski definition) is 4. The van der Waals surface area contributed by atoms with Gasteiger partial charge in [-0.3, -0.25) is 13.9 Å². The second kappa shape index (κ2) is 10.4. The Balaban J connectivity index is 1.45. The highest BCUT2D eigenvalue weighted by Gasteiger charge is 2.30. The molecule has 1 fully saturated rings. The number of fused-ring (bicyclic) bond motifs is 1. The van der Waals surface area contributed by atoms with Crippen molar-refractivity contribution in [2.45, 2.75) is 57.8 Å². The fourth-order valence-electron chi connectivity index (χ4n) is 4.96. The molecule has 0 spiro atoms.